The van der Waals surface area contributed by atoms with Crippen molar-refractivity contribution in [2.75, 3.05) is 19.0 Å². The van der Waals surface area contributed by atoms with E-state index in [1.807, 2.05) is 18.2 Å². The highest BCUT2D eigenvalue weighted by molar-refractivity contribution is 6.27. The van der Waals surface area contributed by atoms with Gasteiger partial charge in [0.1, 0.15) is 24.3 Å². The number of fused-ring (bicyclic) bond motifs is 1. The molecule has 1 heterocycles. The maximum atomic E-state index is 13.6. The Hall–Kier alpha value is -2.80. The quantitative estimate of drug-likeness (QED) is 0.637. The zero-order valence-corrected chi connectivity index (χ0v) is 18.4. The lowest BCUT2D eigenvalue weighted by Crippen LogP contribution is -2.51. The fourth-order valence-electron chi connectivity index (χ4n) is 4.27. The highest BCUT2D eigenvalue weighted by Crippen LogP contribution is 2.32. The second-order valence-electron chi connectivity index (χ2n) is 8.12. The molecular weight excluding hydrogens is 435 g/mol. The number of alkyl halides is 1. The molecule has 0 bridgehead atoms. The monoisotopic (exact) mass is 460 g/mol. The third-order valence-corrected chi connectivity index (χ3v) is 6.08. The van der Waals surface area contributed by atoms with Crippen molar-refractivity contribution in [2.45, 2.75) is 43.9 Å². The van der Waals surface area contributed by atoms with Crippen molar-refractivity contribution in [1.82, 2.24) is 10.2 Å². The van der Waals surface area contributed by atoms with Crippen molar-refractivity contribution in [3.05, 3.63) is 59.9 Å². The summed E-state index contributed by atoms with van der Waals surface area (Å²) in [6.07, 6.45) is 3.44. The van der Waals surface area contributed by atoms with Crippen LogP contribution >= 0.6 is 11.6 Å². The second-order valence-corrected chi connectivity index (χ2v) is 8.39. The molecule has 170 valence electrons. The van der Waals surface area contributed by atoms with Gasteiger partial charge in [-0.15, -0.1) is 11.6 Å². The second kappa shape index (κ2) is 10.2. The molecule has 32 heavy (non-hydrogen) atoms. The number of carbonyl (C=O) groups excluding carboxylic acids is 2. The topological polar surface area (TPSA) is 67.9 Å². The summed E-state index contributed by atoms with van der Waals surface area (Å²) in [7, 11) is 0. The molecule has 0 saturated heterocycles. The first-order valence-electron chi connectivity index (χ1n) is 10.8. The summed E-state index contributed by atoms with van der Waals surface area (Å²) >= 11 is 5.92. The summed E-state index contributed by atoms with van der Waals surface area (Å²) in [6, 6.07) is 12.0. The van der Waals surface area contributed by atoms with Gasteiger partial charge in [-0.3, -0.25) is 9.59 Å². The molecule has 8 heteroatoms. The Morgan fingerprint density at radius 3 is 2.47 bits per heavy atom. The summed E-state index contributed by atoms with van der Waals surface area (Å²) in [5, 5.41) is 3.06. The highest BCUT2D eigenvalue weighted by atomic mass is 35.5. The third-order valence-electron chi connectivity index (χ3n) is 5.85. The van der Waals surface area contributed by atoms with Crippen molar-refractivity contribution in [3.8, 4) is 11.5 Å². The Bertz CT molecular complexity index is 949. The van der Waals surface area contributed by atoms with Gasteiger partial charge in [-0.2, -0.15) is 0 Å². The Kier molecular flexibility index (Phi) is 7.15. The summed E-state index contributed by atoms with van der Waals surface area (Å²) in [6.45, 7) is 0.323. The first kappa shape index (κ1) is 22.4. The molecule has 1 fully saturated rings. The minimum Gasteiger partial charge on any atom is -0.486 e. The van der Waals surface area contributed by atoms with E-state index in [2.05, 4.69) is 5.32 Å². The van der Waals surface area contributed by atoms with Crippen LogP contribution in [0.4, 0.5) is 4.39 Å². The van der Waals surface area contributed by atoms with Crippen LogP contribution < -0.4 is 14.8 Å². The average molecular weight is 461 g/mol. The molecule has 0 spiro atoms. The number of para-hydroxylation sites is 2. The number of hydrogen-bond donors (Lipinski definition) is 1. The third kappa shape index (κ3) is 5.15. The van der Waals surface area contributed by atoms with E-state index in [1.165, 1.54) is 29.2 Å². The van der Waals surface area contributed by atoms with Crippen LogP contribution in [0.3, 0.4) is 0 Å². The molecule has 0 radical (unpaired) electrons. The molecule has 1 N–H and O–H groups in total. The van der Waals surface area contributed by atoms with Gasteiger partial charge in [-0.05, 0) is 42.7 Å². The number of benzene rings is 2. The van der Waals surface area contributed by atoms with E-state index in [0.29, 0.717) is 17.1 Å². The van der Waals surface area contributed by atoms with Crippen LogP contribution in [0.5, 0.6) is 11.5 Å². The van der Waals surface area contributed by atoms with E-state index in [1.54, 1.807) is 6.07 Å². The van der Waals surface area contributed by atoms with E-state index in [9.17, 15) is 14.0 Å². The molecule has 4 rings (SSSR count). The Morgan fingerprint density at radius 1 is 1.09 bits per heavy atom. The van der Waals surface area contributed by atoms with Crippen LogP contribution in [0.25, 0.3) is 0 Å². The summed E-state index contributed by atoms with van der Waals surface area (Å²) < 4.78 is 25.4. The molecule has 0 unspecified atom stereocenters. The standard InChI is InChI=1S/C24H26ClFN2O4/c25-13-22(29)28(14-19-15-31-20-7-3-4-8-21(20)32-19)23(16-9-11-17(26)12-10-16)24(30)27-18-5-1-2-6-18/h3-4,7-12,18-19,23H,1-2,5-6,13-15H2,(H,27,30)/t19-,23-/m1/s1. The molecular formula is C24H26ClFN2O4. The molecule has 0 aromatic heterocycles. The molecule has 2 atom stereocenters. The number of hydrogen-bond acceptors (Lipinski definition) is 4. The van der Waals surface area contributed by atoms with E-state index in [-0.39, 0.29) is 31.0 Å². The van der Waals surface area contributed by atoms with Gasteiger partial charge in [0, 0.05) is 6.04 Å². The lowest BCUT2D eigenvalue weighted by Gasteiger charge is -2.36. The minimum absolute atomic E-state index is 0.0690. The fourth-order valence-corrected chi connectivity index (χ4v) is 4.42. The SMILES string of the molecule is O=C(NC1CCCC1)[C@@H](c1ccc(F)cc1)N(C[C@@H]1COc2ccccc2O1)C(=O)CCl. The van der Waals surface area contributed by atoms with Crippen LogP contribution in [-0.2, 0) is 9.59 Å². The van der Waals surface area contributed by atoms with Gasteiger partial charge in [0.05, 0.1) is 6.54 Å². The zero-order chi connectivity index (χ0) is 22.5. The zero-order valence-electron chi connectivity index (χ0n) is 17.6. The Labute approximate surface area is 191 Å². The number of rotatable bonds is 7. The van der Waals surface area contributed by atoms with Crippen molar-refractivity contribution in [3.63, 3.8) is 0 Å². The summed E-state index contributed by atoms with van der Waals surface area (Å²) in [5.41, 5.74) is 0.512. The first-order chi connectivity index (χ1) is 15.5. The average Bonchev–Trinajstić information content (AvgIpc) is 3.32. The van der Waals surface area contributed by atoms with Gasteiger partial charge in [0.25, 0.3) is 0 Å². The first-order valence-corrected chi connectivity index (χ1v) is 11.4. The highest BCUT2D eigenvalue weighted by Gasteiger charge is 2.35. The number of ether oxygens (including phenoxy) is 2. The van der Waals surface area contributed by atoms with Crippen LogP contribution in [0.2, 0.25) is 0 Å². The van der Waals surface area contributed by atoms with E-state index >= 15 is 0 Å². The fraction of sp³-hybridized carbons (Fsp3) is 0.417. The Balaban J connectivity index is 1.60. The van der Waals surface area contributed by atoms with E-state index in [0.717, 1.165) is 25.7 Å². The van der Waals surface area contributed by atoms with Crippen LogP contribution in [0.15, 0.2) is 48.5 Å². The lowest BCUT2D eigenvalue weighted by atomic mass is 10.0. The Morgan fingerprint density at radius 2 is 1.78 bits per heavy atom. The van der Waals surface area contributed by atoms with Gasteiger partial charge < -0.3 is 19.7 Å². The number of amides is 2. The van der Waals surface area contributed by atoms with Crippen LogP contribution in [0.1, 0.15) is 37.3 Å². The summed E-state index contributed by atoms with van der Waals surface area (Å²) in [4.78, 5) is 27.7. The lowest BCUT2D eigenvalue weighted by molar-refractivity contribution is -0.141. The number of nitrogens with one attached hydrogen (secondary N) is 1. The number of nitrogens with zero attached hydrogens (tertiary/aromatic N) is 1. The normalized spacial score (nSPS) is 18.8. The predicted molar refractivity (Wildman–Crippen MR) is 118 cm³/mol. The molecule has 2 aliphatic rings. The summed E-state index contributed by atoms with van der Waals surface area (Å²) in [5.74, 6) is -0.217. The van der Waals surface area contributed by atoms with Gasteiger partial charge in [-0.1, -0.05) is 37.1 Å². The molecule has 1 aliphatic carbocycles. The van der Waals surface area contributed by atoms with Gasteiger partial charge >= 0.3 is 0 Å². The van der Waals surface area contributed by atoms with Crippen molar-refractivity contribution in [2.24, 2.45) is 0 Å². The van der Waals surface area contributed by atoms with Crippen molar-refractivity contribution >= 4 is 23.4 Å². The van der Waals surface area contributed by atoms with Crippen LogP contribution in [0, 0.1) is 5.82 Å². The molecule has 2 amide bonds. The molecule has 1 saturated carbocycles. The van der Waals surface area contributed by atoms with Gasteiger partial charge in [0.2, 0.25) is 11.8 Å². The minimum atomic E-state index is -0.955. The molecule has 2 aromatic carbocycles. The predicted octanol–water partition coefficient (Wildman–Crippen LogP) is 3.83. The van der Waals surface area contributed by atoms with Crippen LogP contribution in [-0.4, -0.2) is 47.9 Å². The number of halogens is 2. The molecule has 2 aromatic rings. The maximum absolute atomic E-state index is 13.6. The number of carbonyl (C=O) groups is 2. The smallest absolute Gasteiger partial charge is 0.247 e. The molecule has 1 aliphatic heterocycles. The van der Waals surface area contributed by atoms with Crippen molar-refractivity contribution in [1.29, 1.82) is 0 Å². The van der Waals surface area contributed by atoms with Gasteiger partial charge in [-0.25, -0.2) is 4.39 Å². The van der Waals surface area contributed by atoms with Crippen molar-refractivity contribution < 1.29 is 23.5 Å². The molecule has 6 nitrogen and oxygen atoms in total. The van der Waals surface area contributed by atoms with Gasteiger partial charge in [0.15, 0.2) is 17.6 Å². The van der Waals surface area contributed by atoms with E-state index in [4.69, 9.17) is 21.1 Å². The maximum Gasteiger partial charge on any atom is 0.247 e. The largest absolute Gasteiger partial charge is 0.486 e. The van der Waals surface area contributed by atoms with E-state index < -0.39 is 23.9 Å².